The van der Waals surface area contributed by atoms with Crippen LogP contribution >= 0.6 is 0 Å². The number of methoxy groups -OCH3 is 2. The lowest BCUT2D eigenvalue weighted by Crippen LogP contribution is -2.51. The second kappa shape index (κ2) is 21.9. The second-order valence-corrected chi connectivity index (χ2v) is 17.4. The highest BCUT2D eigenvalue weighted by Gasteiger charge is 2.41. The Morgan fingerprint density at radius 3 is 1.22 bits per heavy atom. The zero-order valence-electron chi connectivity index (χ0n) is 39.5. The minimum atomic E-state index is -0.895. The Kier molecular flexibility index (Phi) is 16.1. The number of hydrogen-bond donors (Lipinski definition) is 2. The maximum atomic E-state index is 13.9. The number of rotatable bonds is 15. The molecule has 2 aliphatic heterocycles. The molecule has 2 N–H and O–H groups in total. The second-order valence-electron chi connectivity index (χ2n) is 17.4. The molecule has 4 heterocycles. The molecule has 0 unspecified atom stereocenters. The van der Waals surface area contributed by atoms with Crippen molar-refractivity contribution in [1.29, 1.82) is 0 Å². The molecule has 20 heteroatoms. The van der Waals surface area contributed by atoms with Gasteiger partial charge >= 0.3 is 24.4 Å². The third-order valence-corrected chi connectivity index (χ3v) is 11.9. The van der Waals surface area contributed by atoms with Gasteiger partial charge in [-0.3, -0.25) is 19.2 Å². The van der Waals surface area contributed by atoms with E-state index >= 15 is 0 Å². The van der Waals surface area contributed by atoms with Crippen LogP contribution < -0.4 is 10.6 Å². The van der Waals surface area contributed by atoms with Crippen LogP contribution in [0.4, 0.5) is 19.2 Å². The number of carbonyl (C=O) groups excluding carboxylic acids is 8. The molecular formula is C48H58N8O12. The quantitative estimate of drug-likeness (QED) is 0.124. The predicted molar refractivity (Wildman–Crippen MR) is 245 cm³/mol. The third kappa shape index (κ3) is 11.1. The molecule has 362 valence electrons. The van der Waals surface area contributed by atoms with Gasteiger partial charge in [0, 0.05) is 24.2 Å². The first kappa shape index (κ1) is 50.0. The first-order valence-corrected chi connectivity index (χ1v) is 22.4. The molecule has 20 nitrogen and oxygen atoms in total. The van der Waals surface area contributed by atoms with E-state index in [0.29, 0.717) is 61.3 Å². The van der Waals surface area contributed by atoms with E-state index in [1.165, 1.54) is 49.6 Å². The Hall–Kier alpha value is -7.38. The maximum absolute atomic E-state index is 13.9. The van der Waals surface area contributed by atoms with E-state index in [4.69, 9.17) is 18.9 Å². The molecule has 0 saturated carbocycles. The molecule has 2 fully saturated rings. The Bertz CT molecular complexity index is 2360. The standard InChI is InChI=1S/C48H58N8O12/c1-27(2)39(51-45(61)65-7)43(59)53-21-9-11-35(53)41-49-23-37(55(41)47(63)67-25-29(5)57)33-17-13-31(14-18-33)32-15-19-34(20-16-32)38-24-50-42(56(38)48(64)68-26-30(6)58)36-12-10-22-54(36)44(60)40(28(3)4)52-46(62)66-8/h13-20,23-24,27-28,35-36,39-40H,9-12,21-22,25-26H2,1-8H3,(H,51,61)(H,52,62)/t35-,36-,39-,40-/m0/s1. The molecule has 2 aromatic carbocycles. The van der Waals surface area contributed by atoms with Gasteiger partial charge in [-0.2, -0.15) is 0 Å². The van der Waals surface area contributed by atoms with Gasteiger partial charge in [0.15, 0.2) is 24.8 Å². The number of ketones is 2. The van der Waals surface area contributed by atoms with Gasteiger partial charge in [-0.15, -0.1) is 0 Å². The van der Waals surface area contributed by atoms with Crippen LogP contribution in [0.3, 0.4) is 0 Å². The van der Waals surface area contributed by atoms with E-state index in [9.17, 15) is 38.4 Å². The van der Waals surface area contributed by atoms with Crippen LogP contribution in [0.1, 0.15) is 91.0 Å². The molecule has 0 spiro atoms. The number of likely N-dealkylation sites (tertiary alicyclic amines) is 2. The molecule has 0 aliphatic carbocycles. The van der Waals surface area contributed by atoms with E-state index in [1.807, 2.05) is 24.3 Å². The van der Waals surface area contributed by atoms with E-state index in [-0.39, 0.29) is 46.9 Å². The van der Waals surface area contributed by atoms with Crippen LogP contribution in [-0.4, -0.2) is 129 Å². The largest absolute Gasteiger partial charge is 0.453 e. The first-order chi connectivity index (χ1) is 32.4. The molecule has 0 radical (unpaired) electrons. The summed E-state index contributed by atoms with van der Waals surface area (Å²) in [5.74, 6) is -1.49. The van der Waals surface area contributed by atoms with Crippen molar-refractivity contribution in [1.82, 2.24) is 39.5 Å². The van der Waals surface area contributed by atoms with Crippen LogP contribution in [0.25, 0.3) is 33.6 Å². The van der Waals surface area contributed by atoms with Crippen LogP contribution in [0, 0.1) is 11.8 Å². The number of nitrogens with one attached hydrogen (secondary N) is 2. The van der Waals surface area contributed by atoms with Crippen LogP contribution in [0.2, 0.25) is 0 Å². The molecular weight excluding hydrogens is 881 g/mol. The molecule has 4 aromatic rings. The van der Waals surface area contributed by atoms with Crippen molar-refractivity contribution in [2.45, 2.75) is 91.4 Å². The molecule has 2 aliphatic rings. The molecule has 2 saturated heterocycles. The average molecular weight is 939 g/mol. The average Bonchev–Trinajstić information content (AvgIpc) is 4.16. The predicted octanol–water partition coefficient (Wildman–Crippen LogP) is 6.32. The van der Waals surface area contributed by atoms with Crippen LogP contribution in [0.5, 0.6) is 0 Å². The van der Waals surface area contributed by atoms with Crippen molar-refractivity contribution in [3.05, 3.63) is 72.6 Å². The fourth-order valence-corrected chi connectivity index (χ4v) is 8.47. The number of hydrogen-bond acceptors (Lipinski definition) is 14. The summed E-state index contributed by atoms with van der Waals surface area (Å²) in [5.41, 5.74) is 3.51. The highest BCUT2D eigenvalue weighted by Crippen LogP contribution is 2.38. The van der Waals surface area contributed by atoms with Gasteiger partial charge < -0.3 is 39.4 Å². The number of alkyl carbamates (subject to hydrolysis) is 2. The van der Waals surface area contributed by atoms with Crippen molar-refractivity contribution in [3.8, 4) is 33.6 Å². The van der Waals surface area contributed by atoms with E-state index < -0.39 is 61.8 Å². The van der Waals surface area contributed by atoms with Crippen molar-refractivity contribution in [2.75, 3.05) is 40.5 Å². The van der Waals surface area contributed by atoms with E-state index in [2.05, 4.69) is 20.6 Å². The van der Waals surface area contributed by atoms with Crippen molar-refractivity contribution in [2.24, 2.45) is 11.8 Å². The summed E-state index contributed by atoms with van der Waals surface area (Å²) < 4.78 is 22.9. The van der Waals surface area contributed by atoms with E-state index in [0.717, 1.165) is 11.1 Å². The Morgan fingerprint density at radius 2 is 0.912 bits per heavy atom. The number of aromatic nitrogens is 4. The first-order valence-electron chi connectivity index (χ1n) is 22.4. The summed E-state index contributed by atoms with van der Waals surface area (Å²) in [6.45, 7) is 9.60. The monoisotopic (exact) mass is 938 g/mol. The smallest absolute Gasteiger partial charge is 0.420 e. The molecule has 6 rings (SSSR count). The van der Waals surface area contributed by atoms with Crippen LogP contribution in [0.15, 0.2) is 60.9 Å². The highest BCUT2D eigenvalue weighted by atomic mass is 16.6. The third-order valence-electron chi connectivity index (χ3n) is 11.9. The fraction of sp³-hybridized carbons (Fsp3) is 0.458. The molecule has 4 amide bonds. The van der Waals surface area contributed by atoms with Crippen molar-refractivity contribution in [3.63, 3.8) is 0 Å². The lowest BCUT2D eigenvalue weighted by molar-refractivity contribution is -0.136. The minimum Gasteiger partial charge on any atom is -0.453 e. The topological polar surface area (TPSA) is 240 Å². The number of carbonyl (C=O) groups is 8. The summed E-state index contributed by atoms with van der Waals surface area (Å²) in [6, 6.07) is 11.5. The molecule has 0 bridgehead atoms. The lowest BCUT2D eigenvalue weighted by atomic mass is 10.0. The number of Topliss-reactive ketones (excluding diaryl/α,β-unsaturated/α-hetero) is 2. The SMILES string of the molecule is COC(=O)N[C@H](C(=O)N1CCC[C@H]1c1ncc(-c2ccc(-c3ccc(-c4cnc([C@@H]5CCCN5C(=O)[C@@H](NC(=O)OC)C(C)C)n4C(=O)OCC(C)=O)cc3)cc2)n1C(=O)OCC(C)=O)C(C)C. The van der Waals surface area contributed by atoms with Gasteiger partial charge in [-0.25, -0.2) is 38.3 Å². The van der Waals surface area contributed by atoms with Gasteiger partial charge in [-0.1, -0.05) is 76.2 Å². The summed E-state index contributed by atoms with van der Waals surface area (Å²) in [7, 11) is 2.43. The van der Waals surface area contributed by atoms with Crippen LogP contribution in [-0.2, 0) is 38.1 Å². The van der Waals surface area contributed by atoms with Gasteiger partial charge in [0.25, 0.3) is 0 Å². The van der Waals surface area contributed by atoms with Crippen molar-refractivity contribution >= 4 is 47.8 Å². The minimum absolute atomic E-state index is 0.245. The normalized spacial score (nSPS) is 16.6. The van der Waals surface area contributed by atoms with E-state index in [1.54, 1.807) is 61.8 Å². The lowest BCUT2D eigenvalue weighted by Gasteiger charge is -2.30. The Balaban J connectivity index is 1.29. The Labute approximate surface area is 393 Å². The summed E-state index contributed by atoms with van der Waals surface area (Å²) in [5, 5.41) is 5.25. The number of imidazole rings is 2. The number of ether oxygens (including phenoxy) is 4. The summed E-state index contributed by atoms with van der Waals surface area (Å²) >= 11 is 0. The summed E-state index contributed by atoms with van der Waals surface area (Å²) in [4.78, 5) is 116. The van der Waals surface area contributed by atoms with Gasteiger partial charge in [0.1, 0.15) is 23.7 Å². The van der Waals surface area contributed by atoms with Crippen molar-refractivity contribution < 1.29 is 57.3 Å². The fourth-order valence-electron chi connectivity index (χ4n) is 8.47. The maximum Gasteiger partial charge on any atom is 0.420 e. The zero-order valence-corrected chi connectivity index (χ0v) is 39.5. The highest BCUT2D eigenvalue weighted by molar-refractivity contribution is 5.89. The zero-order chi connectivity index (χ0) is 49.4. The summed E-state index contributed by atoms with van der Waals surface area (Å²) in [6.07, 6.45) is 2.05. The number of amides is 4. The van der Waals surface area contributed by atoms with Gasteiger partial charge in [0.2, 0.25) is 11.8 Å². The molecule has 68 heavy (non-hydrogen) atoms. The number of nitrogens with zero attached hydrogens (tertiary/aromatic N) is 6. The Morgan fingerprint density at radius 1 is 0.574 bits per heavy atom. The molecule has 4 atom stereocenters. The van der Waals surface area contributed by atoms with Gasteiger partial charge in [-0.05, 0) is 62.5 Å². The number of benzene rings is 2. The molecule has 2 aromatic heterocycles. The van der Waals surface area contributed by atoms with Gasteiger partial charge in [0.05, 0.1) is 50.1 Å².